The number of benzene rings is 1. The molecular weight excluding hydrogens is 454 g/mol. The molecule has 0 radical (unpaired) electrons. The number of rotatable bonds is 8. The molecule has 33 heavy (non-hydrogen) atoms. The zero-order valence-corrected chi connectivity index (χ0v) is 23.5. The summed E-state index contributed by atoms with van der Waals surface area (Å²) in [5.41, 5.74) is 0.743. The van der Waals surface area contributed by atoms with Crippen LogP contribution in [-0.2, 0) is 24.0 Å². The molecule has 1 heterocycles. The first-order chi connectivity index (χ1) is 15.0. The second kappa shape index (κ2) is 10.0. The van der Waals surface area contributed by atoms with Gasteiger partial charge in [0.05, 0.1) is 16.5 Å². The summed E-state index contributed by atoms with van der Waals surface area (Å²) in [5.74, 6) is -0.459. The standard InChI is InChI=1S/C25H41NO5SSi/c1-19-12-14-20(15-13-19)32(28,29)26-17-16-21(23(27)31-24(2,3)4)22(26)11-10-18-30-33(8,9)25(5,6)7/h12-16,22H,10-11,17-18H2,1-9H3/t22-/m0/s1. The molecule has 0 fully saturated rings. The van der Waals surface area contributed by atoms with E-state index < -0.39 is 36.0 Å². The van der Waals surface area contributed by atoms with Gasteiger partial charge in [0.15, 0.2) is 8.32 Å². The summed E-state index contributed by atoms with van der Waals surface area (Å²) < 4.78 is 40.2. The quantitative estimate of drug-likeness (QED) is 0.273. The average molecular weight is 496 g/mol. The summed E-state index contributed by atoms with van der Waals surface area (Å²) in [4.78, 5) is 13.1. The van der Waals surface area contributed by atoms with Crippen molar-refractivity contribution in [2.24, 2.45) is 0 Å². The topological polar surface area (TPSA) is 72.9 Å². The van der Waals surface area contributed by atoms with Crippen LogP contribution in [0.1, 0.15) is 59.9 Å². The van der Waals surface area contributed by atoms with Crippen molar-refractivity contribution in [2.45, 2.75) is 96.0 Å². The summed E-state index contributed by atoms with van der Waals surface area (Å²) >= 11 is 0. The van der Waals surface area contributed by atoms with Gasteiger partial charge in [-0.05, 0) is 70.8 Å². The minimum absolute atomic E-state index is 0.1000. The molecule has 0 aromatic heterocycles. The predicted molar refractivity (Wildman–Crippen MR) is 135 cm³/mol. The fourth-order valence-electron chi connectivity index (χ4n) is 3.39. The zero-order chi connectivity index (χ0) is 25.2. The summed E-state index contributed by atoms with van der Waals surface area (Å²) in [6, 6.07) is 6.23. The van der Waals surface area contributed by atoms with Crippen LogP contribution < -0.4 is 0 Å². The van der Waals surface area contributed by atoms with E-state index in [-0.39, 0.29) is 16.5 Å². The Morgan fingerprint density at radius 3 is 2.18 bits per heavy atom. The first-order valence-electron chi connectivity index (χ1n) is 11.6. The fraction of sp³-hybridized carbons (Fsp3) is 0.640. The van der Waals surface area contributed by atoms with Gasteiger partial charge >= 0.3 is 5.97 Å². The molecule has 1 atom stereocenters. The van der Waals surface area contributed by atoms with Crippen molar-refractivity contribution in [2.75, 3.05) is 13.2 Å². The van der Waals surface area contributed by atoms with Crippen molar-refractivity contribution in [3.63, 3.8) is 0 Å². The van der Waals surface area contributed by atoms with Crippen LogP contribution in [0.2, 0.25) is 18.1 Å². The molecule has 0 amide bonds. The van der Waals surface area contributed by atoms with E-state index in [4.69, 9.17) is 9.16 Å². The van der Waals surface area contributed by atoms with Gasteiger partial charge in [-0.15, -0.1) is 0 Å². The van der Waals surface area contributed by atoms with Crippen molar-refractivity contribution in [1.82, 2.24) is 4.31 Å². The van der Waals surface area contributed by atoms with E-state index >= 15 is 0 Å². The first-order valence-corrected chi connectivity index (χ1v) is 16.0. The van der Waals surface area contributed by atoms with Gasteiger partial charge in [-0.2, -0.15) is 4.31 Å². The molecule has 6 nitrogen and oxygen atoms in total. The Labute approximate surface area is 201 Å². The Morgan fingerprint density at radius 1 is 1.09 bits per heavy atom. The molecule has 0 saturated heterocycles. The first kappa shape index (κ1) is 27.8. The van der Waals surface area contributed by atoms with Crippen LogP contribution in [-0.4, -0.2) is 51.8 Å². The van der Waals surface area contributed by atoms with Crippen LogP contribution in [0, 0.1) is 6.92 Å². The number of hydrogen-bond donors (Lipinski definition) is 0. The number of esters is 1. The second-order valence-electron chi connectivity index (χ2n) is 11.3. The lowest BCUT2D eigenvalue weighted by atomic mass is 10.0. The third-order valence-corrected chi connectivity index (χ3v) is 12.8. The Kier molecular flexibility index (Phi) is 8.43. The molecule has 0 bridgehead atoms. The molecule has 0 unspecified atom stereocenters. The largest absolute Gasteiger partial charge is 0.457 e. The van der Waals surface area contributed by atoms with Crippen molar-refractivity contribution < 1.29 is 22.4 Å². The van der Waals surface area contributed by atoms with E-state index in [1.807, 2.05) is 27.7 Å². The highest BCUT2D eigenvalue weighted by molar-refractivity contribution is 7.89. The van der Waals surface area contributed by atoms with Gasteiger partial charge in [-0.3, -0.25) is 0 Å². The molecule has 1 aliphatic rings. The molecule has 0 aliphatic carbocycles. The third-order valence-electron chi connectivity index (χ3n) is 6.35. The molecule has 1 aliphatic heterocycles. The average Bonchev–Trinajstić information content (AvgIpc) is 3.08. The van der Waals surface area contributed by atoms with Crippen LogP contribution in [0.15, 0.2) is 40.8 Å². The maximum atomic E-state index is 13.4. The van der Waals surface area contributed by atoms with Crippen LogP contribution in [0.3, 0.4) is 0 Å². The molecule has 8 heteroatoms. The number of ether oxygens (including phenoxy) is 1. The lowest BCUT2D eigenvalue weighted by Gasteiger charge is -2.36. The minimum atomic E-state index is -3.76. The SMILES string of the molecule is Cc1ccc(S(=O)(=O)N2CC=C(C(=O)OC(C)(C)C)[C@@H]2CCCO[Si](C)(C)C(C)(C)C)cc1. The third kappa shape index (κ3) is 7.01. The highest BCUT2D eigenvalue weighted by Gasteiger charge is 2.41. The molecule has 1 aromatic rings. The van der Waals surface area contributed by atoms with Crippen molar-refractivity contribution >= 4 is 24.3 Å². The lowest BCUT2D eigenvalue weighted by molar-refractivity contribution is -0.150. The minimum Gasteiger partial charge on any atom is -0.457 e. The van der Waals surface area contributed by atoms with Crippen molar-refractivity contribution in [1.29, 1.82) is 0 Å². The van der Waals surface area contributed by atoms with Gasteiger partial charge in [-0.1, -0.05) is 44.5 Å². The smallest absolute Gasteiger partial charge is 0.335 e. The van der Waals surface area contributed by atoms with Crippen LogP contribution >= 0.6 is 0 Å². The van der Waals surface area contributed by atoms with Gasteiger partial charge in [0.2, 0.25) is 10.0 Å². The number of hydrogen-bond acceptors (Lipinski definition) is 5. The monoisotopic (exact) mass is 495 g/mol. The maximum absolute atomic E-state index is 13.4. The Morgan fingerprint density at radius 2 is 1.67 bits per heavy atom. The van der Waals surface area contributed by atoms with E-state index in [0.29, 0.717) is 25.0 Å². The second-order valence-corrected chi connectivity index (χ2v) is 18.0. The van der Waals surface area contributed by atoms with Gasteiger partial charge in [0.25, 0.3) is 0 Å². The van der Waals surface area contributed by atoms with Crippen molar-refractivity contribution in [3.05, 3.63) is 41.5 Å². The van der Waals surface area contributed by atoms with Crippen LogP contribution in [0.4, 0.5) is 0 Å². The van der Waals surface area contributed by atoms with E-state index in [1.54, 1.807) is 30.3 Å². The number of sulfonamides is 1. The number of carbonyl (C=O) groups is 1. The molecule has 0 spiro atoms. The molecule has 0 N–H and O–H groups in total. The number of nitrogens with zero attached hydrogens (tertiary/aromatic N) is 1. The molecule has 0 saturated carbocycles. The molecule has 1 aromatic carbocycles. The molecular formula is C25H41NO5SSi. The van der Waals surface area contributed by atoms with Gasteiger partial charge in [0.1, 0.15) is 5.60 Å². The molecule has 186 valence electrons. The normalized spacial score (nSPS) is 18.3. The Bertz CT molecular complexity index is 970. The Hall–Kier alpha value is -1.48. The van der Waals surface area contributed by atoms with E-state index in [0.717, 1.165) is 5.56 Å². The number of aryl methyl sites for hydroxylation is 1. The Balaban J connectivity index is 2.24. The van der Waals surface area contributed by atoms with Crippen LogP contribution in [0.5, 0.6) is 0 Å². The fourth-order valence-corrected chi connectivity index (χ4v) is 6.06. The van der Waals surface area contributed by atoms with E-state index in [1.165, 1.54) is 4.31 Å². The number of carbonyl (C=O) groups excluding carboxylic acids is 1. The van der Waals surface area contributed by atoms with Gasteiger partial charge < -0.3 is 9.16 Å². The van der Waals surface area contributed by atoms with Crippen LogP contribution in [0.25, 0.3) is 0 Å². The van der Waals surface area contributed by atoms with Crippen molar-refractivity contribution in [3.8, 4) is 0 Å². The van der Waals surface area contributed by atoms with E-state index in [2.05, 4.69) is 33.9 Å². The van der Waals surface area contributed by atoms with Gasteiger partial charge in [0, 0.05) is 13.2 Å². The van der Waals surface area contributed by atoms with Gasteiger partial charge in [-0.25, -0.2) is 13.2 Å². The predicted octanol–water partition coefficient (Wildman–Crippen LogP) is 5.44. The highest BCUT2D eigenvalue weighted by atomic mass is 32.2. The summed E-state index contributed by atoms with van der Waals surface area (Å²) in [6.07, 6.45) is 2.83. The molecule has 2 rings (SSSR count). The maximum Gasteiger partial charge on any atom is 0.335 e. The summed E-state index contributed by atoms with van der Waals surface area (Å²) in [7, 11) is -5.66. The lowest BCUT2D eigenvalue weighted by Crippen LogP contribution is -2.42. The summed E-state index contributed by atoms with van der Waals surface area (Å²) in [5, 5.41) is 0.1000. The highest BCUT2D eigenvalue weighted by Crippen LogP contribution is 2.37. The van der Waals surface area contributed by atoms with E-state index in [9.17, 15) is 13.2 Å². The summed E-state index contributed by atoms with van der Waals surface area (Å²) in [6.45, 7) is 19.0. The zero-order valence-electron chi connectivity index (χ0n) is 21.7.